The number of rotatable bonds is 7. The van der Waals surface area contributed by atoms with Gasteiger partial charge in [0.1, 0.15) is 5.82 Å². The summed E-state index contributed by atoms with van der Waals surface area (Å²) in [6.45, 7) is 1.37. The fourth-order valence-corrected chi connectivity index (χ4v) is 7.47. The van der Waals surface area contributed by atoms with Crippen molar-refractivity contribution in [3.05, 3.63) is 91.4 Å². The molecule has 1 fully saturated rings. The molecule has 15 heteroatoms. The summed E-state index contributed by atoms with van der Waals surface area (Å²) in [4.78, 5) is 29.2. The number of hydrogen-bond acceptors (Lipinski definition) is 9. The first kappa shape index (κ1) is 32.0. The molecule has 0 bridgehead atoms. The van der Waals surface area contributed by atoms with Gasteiger partial charge in [0.25, 0.3) is 0 Å². The number of sulfonamides is 2. The smallest absolute Gasteiger partial charge is 0.321 e. The van der Waals surface area contributed by atoms with Gasteiger partial charge in [0.2, 0.25) is 20.0 Å². The largest absolute Gasteiger partial charge is 0.353 e. The Labute approximate surface area is 272 Å². The molecule has 0 unspecified atom stereocenters. The normalized spacial score (nSPS) is 14.2. The molecule has 3 N–H and O–H groups in total. The van der Waals surface area contributed by atoms with Crippen LogP contribution < -0.4 is 15.4 Å². The monoisotopic (exact) mass is 672 g/mol. The summed E-state index contributed by atoms with van der Waals surface area (Å²) in [5, 5.41) is 8.15. The molecule has 13 nitrogen and oxygen atoms in total. The van der Waals surface area contributed by atoms with Crippen molar-refractivity contribution in [2.75, 3.05) is 50.5 Å². The van der Waals surface area contributed by atoms with Gasteiger partial charge in [-0.15, -0.1) is 0 Å². The summed E-state index contributed by atoms with van der Waals surface area (Å²) >= 11 is 0. The standard InChI is InChI=1S/C32H32N8O5S2/c1-38(2)32(41)36-25-8-10-26(11-9-25)47(44,45)40-15-13-39(14-16-40)31-21-35-28-12-7-22(18-29(28)37-31)23-17-24(20-34-19-23)27-5-3-4-6-30(27)46(33,42)43/h3-12,17-21H,13-16H2,1-2H3,(H,36,41)(H2,33,42,43). The number of carbonyl (C=O) groups is 1. The molecule has 0 atom stereocenters. The van der Waals surface area contributed by atoms with E-state index in [1.165, 1.54) is 27.4 Å². The molecule has 3 heterocycles. The number of benzene rings is 3. The first-order chi connectivity index (χ1) is 22.4. The lowest BCUT2D eigenvalue weighted by atomic mass is 10.0. The van der Waals surface area contributed by atoms with Crippen LogP contribution in [0.2, 0.25) is 0 Å². The summed E-state index contributed by atoms with van der Waals surface area (Å²) < 4.78 is 52.5. The van der Waals surface area contributed by atoms with Gasteiger partial charge in [0, 0.05) is 75.0 Å². The first-order valence-corrected chi connectivity index (χ1v) is 17.6. The van der Waals surface area contributed by atoms with E-state index in [9.17, 15) is 21.6 Å². The number of urea groups is 1. The second-order valence-corrected chi connectivity index (χ2v) is 14.6. The van der Waals surface area contributed by atoms with Gasteiger partial charge < -0.3 is 15.1 Å². The topological polar surface area (TPSA) is 172 Å². The maximum absolute atomic E-state index is 13.3. The second kappa shape index (κ2) is 12.7. The molecule has 3 aromatic carbocycles. The molecule has 0 spiro atoms. The summed E-state index contributed by atoms with van der Waals surface area (Å²) in [6, 6.07) is 19.8. The minimum absolute atomic E-state index is 0.0179. The molecule has 0 radical (unpaired) electrons. The number of anilines is 2. The van der Waals surface area contributed by atoms with Gasteiger partial charge >= 0.3 is 6.03 Å². The molecule has 0 aliphatic carbocycles. The minimum atomic E-state index is -3.94. The average molecular weight is 673 g/mol. The number of nitrogens with one attached hydrogen (secondary N) is 1. The Bertz CT molecular complexity index is 2190. The van der Waals surface area contributed by atoms with Gasteiger partial charge in [-0.2, -0.15) is 4.31 Å². The predicted octanol–water partition coefficient (Wildman–Crippen LogP) is 3.61. The highest BCUT2D eigenvalue weighted by atomic mass is 32.2. The molecule has 242 valence electrons. The number of fused-ring (bicyclic) bond motifs is 1. The van der Waals surface area contributed by atoms with Crippen molar-refractivity contribution in [2.45, 2.75) is 9.79 Å². The van der Waals surface area contributed by atoms with Crippen LogP contribution in [0.15, 0.2) is 101 Å². The van der Waals surface area contributed by atoms with Crippen molar-refractivity contribution >= 4 is 48.6 Å². The van der Waals surface area contributed by atoms with Gasteiger partial charge in [0.05, 0.1) is 27.0 Å². The summed E-state index contributed by atoms with van der Waals surface area (Å²) in [7, 11) is -4.43. The lowest BCUT2D eigenvalue weighted by Crippen LogP contribution is -2.48. The zero-order chi connectivity index (χ0) is 33.3. The first-order valence-electron chi connectivity index (χ1n) is 14.6. The second-order valence-electron chi connectivity index (χ2n) is 11.2. The van der Waals surface area contributed by atoms with Gasteiger partial charge in [0.15, 0.2) is 0 Å². The summed E-state index contributed by atoms with van der Waals surface area (Å²) in [6.07, 6.45) is 4.96. The third kappa shape index (κ3) is 6.78. The van der Waals surface area contributed by atoms with E-state index >= 15 is 0 Å². The molecule has 5 aromatic rings. The number of nitrogens with zero attached hydrogens (tertiary/aromatic N) is 6. The lowest BCUT2D eigenvalue weighted by molar-refractivity contribution is 0.230. The van der Waals surface area contributed by atoms with E-state index in [1.807, 2.05) is 29.2 Å². The van der Waals surface area contributed by atoms with Crippen LogP contribution in [-0.2, 0) is 20.0 Å². The highest BCUT2D eigenvalue weighted by molar-refractivity contribution is 7.89. The fraction of sp³-hybridized carbons (Fsp3) is 0.188. The van der Waals surface area contributed by atoms with Gasteiger partial charge in [-0.1, -0.05) is 24.3 Å². The van der Waals surface area contributed by atoms with E-state index < -0.39 is 20.0 Å². The number of carbonyl (C=O) groups excluding carboxylic acids is 1. The molecule has 1 aliphatic rings. The molecule has 1 aliphatic heterocycles. The van der Waals surface area contributed by atoms with Crippen molar-refractivity contribution in [1.29, 1.82) is 0 Å². The van der Waals surface area contributed by atoms with Crippen LogP contribution >= 0.6 is 0 Å². The van der Waals surface area contributed by atoms with Crippen molar-refractivity contribution in [1.82, 2.24) is 24.2 Å². The fourth-order valence-electron chi connectivity index (χ4n) is 5.28. The number of pyridine rings is 1. The number of hydrogen-bond donors (Lipinski definition) is 2. The molecule has 0 saturated carbocycles. The highest BCUT2D eigenvalue weighted by Crippen LogP contribution is 2.31. The van der Waals surface area contributed by atoms with Crippen molar-refractivity contribution in [3.63, 3.8) is 0 Å². The minimum Gasteiger partial charge on any atom is -0.353 e. The molecule has 1 saturated heterocycles. The molecular formula is C32H32N8O5S2. The average Bonchev–Trinajstić information content (AvgIpc) is 3.07. The van der Waals surface area contributed by atoms with E-state index in [1.54, 1.807) is 63.0 Å². The Kier molecular flexibility index (Phi) is 8.63. The Morgan fingerprint density at radius 3 is 2.21 bits per heavy atom. The Hall–Kier alpha value is -4.96. The van der Waals surface area contributed by atoms with Crippen LogP contribution in [0.3, 0.4) is 0 Å². The summed E-state index contributed by atoms with van der Waals surface area (Å²) in [5.74, 6) is 0.627. The third-order valence-corrected chi connectivity index (χ3v) is 10.7. The molecule has 2 aromatic heterocycles. The van der Waals surface area contributed by atoms with Crippen molar-refractivity contribution in [2.24, 2.45) is 5.14 Å². The van der Waals surface area contributed by atoms with E-state index in [0.717, 1.165) is 11.1 Å². The number of piperazine rings is 1. The van der Waals surface area contributed by atoms with E-state index in [2.05, 4.69) is 15.3 Å². The number of aromatic nitrogens is 3. The van der Waals surface area contributed by atoms with Gasteiger partial charge in [-0.3, -0.25) is 9.97 Å². The van der Waals surface area contributed by atoms with Crippen LogP contribution in [0.25, 0.3) is 33.3 Å². The van der Waals surface area contributed by atoms with Crippen LogP contribution in [-0.4, -0.2) is 87.3 Å². The highest BCUT2D eigenvalue weighted by Gasteiger charge is 2.29. The van der Waals surface area contributed by atoms with Gasteiger partial charge in [-0.05, 0) is 54.1 Å². The van der Waals surface area contributed by atoms with E-state index in [0.29, 0.717) is 46.8 Å². The molecule has 6 rings (SSSR count). The molecule has 47 heavy (non-hydrogen) atoms. The number of nitrogens with two attached hydrogens (primary N) is 1. The van der Waals surface area contributed by atoms with Crippen LogP contribution in [0.4, 0.5) is 16.3 Å². The number of primary sulfonamides is 1. The lowest BCUT2D eigenvalue weighted by Gasteiger charge is -2.34. The number of amides is 2. The van der Waals surface area contributed by atoms with E-state index in [4.69, 9.17) is 10.1 Å². The zero-order valence-corrected chi connectivity index (χ0v) is 27.2. The van der Waals surface area contributed by atoms with E-state index in [-0.39, 0.29) is 28.9 Å². The van der Waals surface area contributed by atoms with Crippen LogP contribution in [0.1, 0.15) is 0 Å². The summed E-state index contributed by atoms with van der Waals surface area (Å²) in [5.41, 5.74) is 4.47. The zero-order valence-electron chi connectivity index (χ0n) is 25.6. The quantitative estimate of drug-likeness (QED) is 0.262. The maximum Gasteiger partial charge on any atom is 0.321 e. The molecular weight excluding hydrogens is 641 g/mol. The Morgan fingerprint density at radius 2 is 1.51 bits per heavy atom. The van der Waals surface area contributed by atoms with Gasteiger partial charge in [-0.25, -0.2) is 31.8 Å². The van der Waals surface area contributed by atoms with Crippen LogP contribution in [0, 0.1) is 0 Å². The Morgan fingerprint density at radius 1 is 0.809 bits per heavy atom. The predicted molar refractivity (Wildman–Crippen MR) is 180 cm³/mol. The van der Waals surface area contributed by atoms with Crippen molar-refractivity contribution in [3.8, 4) is 22.3 Å². The third-order valence-electron chi connectivity index (χ3n) is 7.82. The maximum atomic E-state index is 13.3. The SMILES string of the molecule is CN(C)C(=O)Nc1ccc(S(=O)(=O)N2CCN(c3cnc4ccc(-c5cncc(-c6ccccc6S(N)(=O)=O)c5)cc4n3)CC2)cc1. The van der Waals surface area contributed by atoms with Crippen LogP contribution in [0.5, 0.6) is 0 Å². The molecule has 2 amide bonds. The van der Waals surface area contributed by atoms with Crippen molar-refractivity contribution < 1.29 is 21.6 Å². The Balaban J connectivity index is 1.18.